The second-order valence-electron chi connectivity index (χ2n) is 4.13. The van der Waals surface area contributed by atoms with Crippen LogP contribution in [0, 0.1) is 0 Å². The number of rotatable bonds is 7. The summed E-state index contributed by atoms with van der Waals surface area (Å²) in [5.74, 6) is -0.578. The van der Waals surface area contributed by atoms with Crippen molar-refractivity contribution in [3.05, 3.63) is 14.7 Å². The lowest BCUT2D eigenvalue weighted by Crippen LogP contribution is -2.25. The molecule has 114 valence electrons. The largest absolute Gasteiger partial charge is 0.465 e. The van der Waals surface area contributed by atoms with Gasteiger partial charge in [0.25, 0.3) is 0 Å². The first kappa shape index (κ1) is 17.6. The molecule has 0 bridgehead atoms. The topological polar surface area (TPSA) is 92.7 Å². The number of aliphatic hydroxyl groups is 1. The van der Waals surface area contributed by atoms with E-state index in [4.69, 9.17) is 5.11 Å². The number of carbonyl (C=O) groups is 1. The lowest BCUT2D eigenvalue weighted by atomic mass is 10.2. The van der Waals surface area contributed by atoms with Crippen LogP contribution in [0.15, 0.2) is 14.7 Å². The molecule has 20 heavy (non-hydrogen) atoms. The van der Waals surface area contributed by atoms with Crippen molar-refractivity contribution in [2.45, 2.75) is 30.8 Å². The van der Waals surface area contributed by atoms with E-state index in [0.29, 0.717) is 16.6 Å². The maximum Gasteiger partial charge on any atom is 0.348 e. The molecule has 0 aromatic carbocycles. The Morgan fingerprint density at radius 3 is 2.80 bits per heavy atom. The number of methoxy groups -OCH3 is 1. The fraction of sp³-hybridized carbons (Fsp3) is 0.545. The summed E-state index contributed by atoms with van der Waals surface area (Å²) in [7, 11) is -2.45. The summed E-state index contributed by atoms with van der Waals surface area (Å²) in [6.45, 7) is 1.87. The van der Waals surface area contributed by atoms with Crippen LogP contribution >= 0.6 is 27.3 Å². The Labute approximate surface area is 130 Å². The average molecular weight is 386 g/mol. The summed E-state index contributed by atoms with van der Waals surface area (Å²) >= 11 is 4.14. The van der Waals surface area contributed by atoms with Gasteiger partial charge in [0, 0.05) is 6.54 Å². The van der Waals surface area contributed by atoms with E-state index in [1.165, 1.54) is 13.2 Å². The molecule has 0 amide bonds. The highest BCUT2D eigenvalue weighted by atomic mass is 79.9. The number of halogens is 1. The van der Waals surface area contributed by atoms with Crippen LogP contribution in [-0.2, 0) is 14.8 Å². The second kappa shape index (κ2) is 7.51. The maximum atomic E-state index is 12.1. The fourth-order valence-electron chi connectivity index (χ4n) is 1.42. The van der Waals surface area contributed by atoms with Crippen molar-refractivity contribution in [2.24, 2.45) is 0 Å². The Kier molecular flexibility index (Phi) is 6.59. The molecule has 0 fully saturated rings. The highest BCUT2D eigenvalue weighted by molar-refractivity contribution is 9.11. The number of hydrogen-bond donors (Lipinski definition) is 2. The molecule has 6 nitrogen and oxygen atoms in total. The van der Waals surface area contributed by atoms with Crippen LogP contribution in [0.4, 0.5) is 0 Å². The molecule has 1 heterocycles. The first-order chi connectivity index (χ1) is 9.27. The summed E-state index contributed by atoms with van der Waals surface area (Å²) in [6.07, 6.45) is 0.585. The minimum atomic E-state index is -3.69. The van der Waals surface area contributed by atoms with Gasteiger partial charge in [-0.25, -0.2) is 17.9 Å². The molecule has 0 saturated carbocycles. The molecule has 0 spiro atoms. The quantitative estimate of drug-likeness (QED) is 0.550. The third-order valence-corrected chi connectivity index (χ3v) is 6.12. The predicted octanol–water partition coefficient (Wildman–Crippen LogP) is 1.74. The molecule has 0 aliphatic heterocycles. The molecule has 1 aromatic rings. The van der Waals surface area contributed by atoms with Crippen molar-refractivity contribution < 1.29 is 23.1 Å². The number of thiophene rings is 1. The minimum Gasteiger partial charge on any atom is -0.465 e. The van der Waals surface area contributed by atoms with Gasteiger partial charge in [0.2, 0.25) is 10.0 Å². The van der Waals surface area contributed by atoms with E-state index in [2.05, 4.69) is 25.4 Å². The zero-order chi connectivity index (χ0) is 15.3. The van der Waals surface area contributed by atoms with Crippen molar-refractivity contribution in [1.82, 2.24) is 4.72 Å². The third-order valence-electron chi connectivity index (χ3n) is 2.42. The first-order valence-corrected chi connectivity index (χ1v) is 8.92. The molecule has 1 rings (SSSR count). The third kappa shape index (κ3) is 4.81. The van der Waals surface area contributed by atoms with Crippen LogP contribution in [0.3, 0.4) is 0 Å². The Morgan fingerprint density at radius 1 is 1.60 bits per heavy atom. The molecule has 0 saturated heterocycles. The number of aliphatic hydroxyl groups excluding tert-OH is 1. The smallest absolute Gasteiger partial charge is 0.348 e. The first-order valence-electron chi connectivity index (χ1n) is 5.83. The molecule has 0 aliphatic rings. The maximum absolute atomic E-state index is 12.1. The zero-order valence-corrected chi connectivity index (χ0v) is 14.3. The molecule has 1 unspecified atom stereocenters. The lowest BCUT2D eigenvalue weighted by molar-refractivity contribution is 0.0606. The molecule has 9 heteroatoms. The number of nitrogens with one attached hydrogen (secondary N) is 1. The number of hydrogen-bond acceptors (Lipinski definition) is 6. The molecule has 1 aromatic heterocycles. The normalized spacial score (nSPS) is 13.2. The zero-order valence-electron chi connectivity index (χ0n) is 11.1. The summed E-state index contributed by atoms with van der Waals surface area (Å²) in [5.41, 5.74) is 0. The van der Waals surface area contributed by atoms with Crippen molar-refractivity contribution in [3.8, 4) is 0 Å². The van der Waals surface area contributed by atoms with E-state index in [1.54, 1.807) is 6.92 Å². The van der Waals surface area contributed by atoms with E-state index in [0.717, 1.165) is 11.3 Å². The minimum absolute atomic E-state index is 0.0138. The summed E-state index contributed by atoms with van der Waals surface area (Å²) in [5, 5.41) is 9.10. The number of esters is 1. The van der Waals surface area contributed by atoms with E-state index >= 15 is 0 Å². The van der Waals surface area contributed by atoms with E-state index in [9.17, 15) is 13.2 Å². The Bertz CT molecular complexity index is 567. The van der Waals surface area contributed by atoms with E-state index in [1.807, 2.05) is 0 Å². The van der Waals surface area contributed by atoms with Gasteiger partial charge in [0.1, 0.15) is 9.77 Å². The Morgan fingerprint density at radius 2 is 2.25 bits per heavy atom. The highest BCUT2D eigenvalue weighted by Crippen LogP contribution is 2.31. The lowest BCUT2D eigenvalue weighted by Gasteiger charge is -2.06. The van der Waals surface area contributed by atoms with Crippen LogP contribution in [0.5, 0.6) is 0 Å². The van der Waals surface area contributed by atoms with Crippen molar-refractivity contribution in [1.29, 1.82) is 0 Å². The molecule has 0 aliphatic carbocycles. The Hall–Kier alpha value is -0.480. The van der Waals surface area contributed by atoms with Gasteiger partial charge >= 0.3 is 5.97 Å². The van der Waals surface area contributed by atoms with Crippen LogP contribution in [-0.4, -0.2) is 39.3 Å². The molecule has 1 atom stereocenters. The molecular formula is C11H16BrNO5S2. The number of ether oxygens (including phenoxy) is 1. The van der Waals surface area contributed by atoms with Crippen LogP contribution in [0.2, 0.25) is 0 Å². The van der Waals surface area contributed by atoms with Crippen molar-refractivity contribution >= 4 is 43.3 Å². The SMILES string of the molecule is COC(=O)c1cc(S(=O)(=O)NCCCC(C)O)c(Br)s1. The van der Waals surface area contributed by atoms with Gasteiger partial charge in [-0.3, -0.25) is 0 Å². The van der Waals surface area contributed by atoms with Crippen LogP contribution in [0.1, 0.15) is 29.4 Å². The van der Waals surface area contributed by atoms with Crippen LogP contribution in [0.25, 0.3) is 0 Å². The predicted molar refractivity (Wildman–Crippen MR) is 79.5 cm³/mol. The van der Waals surface area contributed by atoms with Crippen molar-refractivity contribution in [3.63, 3.8) is 0 Å². The second-order valence-corrected chi connectivity index (χ2v) is 8.23. The molecular weight excluding hydrogens is 370 g/mol. The standard InChI is InChI=1S/C11H16BrNO5S2/c1-7(14)4-3-5-13-20(16,17)9-6-8(11(15)18-2)19-10(9)12/h6-7,13-14H,3-5H2,1-2H3. The fourth-order valence-corrected chi connectivity index (χ4v) is 4.97. The van der Waals surface area contributed by atoms with Crippen molar-refractivity contribution in [2.75, 3.05) is 13.7 Å². The highest BCUT2D eigenvalue weighted by Gasteiger charge is 2.23. The van der Waals surface area contributed by atoms with Gasteiger partial charge in [-0.05, 0) is 41.8 Å². The summed E-state index contributed by atoms with van der Waals surface area (Å²) in [4.78, 5) is 11.6. The van der Waals surface area contributed by atoms with Gasteiger partial charge < -0.3 is 9.84 Å². The van der Waals surface area contributed by atoms with Gasteiger partial charge in [0.05, 0.1) is 17.0 Å². The number of sulfonamides is 1. The Balaban J connectivity index is 2.77. The molecule has 2 N–H and O–H groups in total. The van der Waals surface area contributed by atoms with Gasteiger partial charge in [-0.15, -0.1) is 11.3 Å². The van der Waals surface area contributed by atoms with Gasteiger partial charge in [-0.1, -0.05) is 0 Å². The monoisotopic (exact) mass is 385 g/mol. The van der Waals surface area contributed by atoms with Gasteiger partial charge in [-0.2, -0.15) is 0 Å². The van der Waals surface area contributed by atoms with Crippen LogP contribution < -0.4 is 4.72 Å². The van der Waals surface area contributed by atoms with E-state index < -0.39 is 22.1 Å². The van der Waals surface area contributed by atoms with Gasteiger partial charge in [0.15, 0.2) is 0 Å². The van der Waals surface area contributed by atoms with E-state index in [-0.39, 0.29) is 16.3 Å². The molecule has 0 radical (unpaired) electrons. The number of carbonyl (C=O) groups excluding carboxylic acids is 1. The summed E-state index contributed by atoms with van der Waals surface area (Å²) in [6, 6.07) is 1.28. The summed E-state index contributed by atoms with van der Waals surface area (Å²) < 4.78 is 31.5. The average Bonchev–Trinajstić information content (AvgIpc) is 2.76.